The van der Waals surface area contributed by atoms with Crippen molar-refractivity contribution in [2.24, 2.45) is 0 Å². The van der Waals surface area contributed by atoms with Crippen molar-refractivity contribution in [3.05, 3.63) is 58.1 Å². The largest absolute Gasteiger partial charge is 0.573 e. The molecule has 0 bridgehead atoms. The van der Waals surface area contributed by atoms with Crippen molar-refractivity contribution < 1.29 is 22.7 Å². The van der Waals surface area contributed by atoms with Gasteiger partial charge in [0.15, 0.2) is 5.78 Å². The molecule has 2 aromatic rings. The average Bonchev–Trinajstić information content (AvgIpc) is 2.39. The number of halogens is 4. The number of anilines is 1. The van der Waals surface area contributed by atoms with Crippen molar-refractivity contribution in [1.29, 1.82) is 0 Å². The first kappa shape index (κ1) is 15.4. The van der Waals surface area contributed by atoms with Crippen LogP contribution in [0.1, 0.15) is 15.9 Å². The number of hydrogen-bond donors (Lipinski definition) is 1. The van der Waals surface area contributed by atoms with Gasteiger partial charge in [0.05, 0.1) is 5.56 Å². The lowest BCUT2D eigenvalue weighted by molar-refractivity contribution is -0.274. The number of nitrogens with two attached hydrogens (primary N) is 1. The van der Waals surface area contributed by atoms with E-state index < -0.39 is 17.9 Å². The van der Waals surface area contributed by atoms with Crippen LogP contribution in [0.15, 0.2) is 46.9 Å². The van der Waals surface area contributed by atoms with E-state index in [-0.39, 0.29) is 11.1 Å². The molecular weight excluding hydrogens is 351 g/mol. The average molecular weight is 360 g/mol. The van der Waals surface area contributed by atoms with Crippen LogP contribution in [0.5, 0.6) is 5.75 Å². The van der Waals surface area contributed by atoms with Gasteiger partial charge < -0.3 is 10.5 Å². The molecule has 0 fully saturated rings. The Labute approximate surface area is 126 Å². The summed E-state index contributed by atoms with van der Waals surface area (Å²) in [5.74, 6) is -1.17. The molecular formula is C14H9BrF3NO2. The van der Waals surface area contributed by atoms with Gasteiger partial charge in [-0.15, -0.1) is 13.2 Å². The fraction of sp³-hybridized carbons (Fsp3) is 0.0714. The summed E-state index contributed by atoms with van der Waals surface area (Å²) >= 11 is 3.17. The van der Waals surface area contributed by atoms with Crippen LogP contribution < -0.4 is 10.5 Å². The summed E-state index contributed by atoms with van der Waals surface area (Å²) in [5, 5.41) is 0. The predicted molar refractivity (Wildman–Crippen MR) is 75.1 cm³/mol. The summed E-state index contributed by atoms with van der Waals surface area (Å²) in [4.78, 5) is 12.4. The monoisotopic (exact) mass is 359 g/mol. The summed E-state index contributed by atoms with van der Waals surface area (Å²) < 4.78 is 41.4. The number of carbonyl (C=O) groups is 1. The number of alkyl halides is 3. The number of para-hydroxylation sites is 1. The van der Waals surface area contributed by atoms with Gasteiger partial charge in [0.25, 0.3) is 0 Å². The molecule has 0 spiro atoms. The molecule has 110 valence electrons. The molecule has 0 amide bonds. The summed E-state index contributed by atoms with van der Waals surface area (Å²) in [6.07, 6.45) is -4.87. The van der Waals surface area contributed by atoms with Crippen LogP contribution in [0.3, 0.4) is 0 Å². The molecule has 0 saturated heterocycles. The van der Waals surface area contributed by atoms with E-state index in [9.17, 15) is 18.0 Å². The van der Waals surface area contributed by atoms with E-state index >= 15 is 0 Å². The molecule has 2 rings (SSSR count). The maximum absolute atomic E-state index is 12.4. The molecule has 0 aliphatic carbocycles. The molecule has 7 heteroatoms. The Morgan fingerprint density at radius 1 is 1.10 bits per heavy atom. The van der Waals surface area contributed by atoms with E-state index in [2.05, 4.69) is 20.7 Å². The van der Waals surface area contributed by atoms with Crippen molar-refractivity contribution in [1.82, 2.24) is 0 Å². The van der Waals surface area contributed by atoms with Gasteiger partial charge in [0, 0.05) is 15.7 Å². The number of hydrogen-bond acceptors (Lipinski definition) is 3. The zero-order chi connectivity index (χ0) is 15.6. The number of nitrogen functional groups attached to an aromatic ring is 1. The number of carbonyl (C=O) groups excluding carboxylic acids is 1. The van der Waals surface area contributed by atoms with Crippen LogP contribution in [-0.4, -0.2) is 12.1 Å². The molecule has 3 nitrogen and oxygen atoms in total. The van der Waals surface area contributed by atoms with Gasteiger partial charge in [0.1, 0.15) is 5.75 Å². The topological polar surface area (TPSA) is 52.3 Å². The first-order valence-corrected chi connectivity index (χ1v) is 6.52. The van der Waals surface area contributed by atoms with Gasteiger partial charge >= 0.3 is 6.36 Å². The lowest BCUT2D eigenvalue weighted by atomic mass is 10.0. The van der Waals surface area contributed by atoms with Crippen LogP contribution >= 0.6 is 15.9 Å². The van der Waals surface area contributed by atoms with E-state index in [1.54, 1.807) is 12.1 Å². The highest BCUT2D eigenvalue weighted by molar-refractivity contribution is 9.10. The second-order valence-corrected chi connectivity index (χ2v) is 4.97. The Kier molecular flexibility index (Phi) is 4.22. The van der Waals surface area contributed by atoms with Gasteiger partial charge in [-0.05, 0) is 30.3 Å². The number of benzene rings is 2. The Hall–Kier alpha value is -2.02. The molecule has 0 aromatic heterocycles. The van der Waals surface area contributed by atoms with Gasteiger partial charge in [-0.2, -0.15) is 0 Å². The second kappa shape index (κ2) is 5.77. The third-order valence-electron chi connectivity index (χ3n) is 2.59. The smallest absolute Gasteiger partial charge is 0.405 e. The molecule has 0 unspecified atom stereocenters. The van der Waals surface area contributed by atoms with Crippen LogP contribution in [0.2, 0.25) is 0 Å². The SMILES string of the molecule is Nc1ccc(Br)c(C(=O)c2ccccc2OC(F)(F)F)c1. The summed E-state index contributed by atoms with van der Waals surface area (Å²) in [6.45, 7) is 0. The lowest BCUT2D eigenvalue weighted by Gasteiger charge is -2.13. The molecule has 0 aliphatic heterocycles. The maximum Gasteiger partial charge on any atom is 0.573 e. The van der Waals surface area contributed by atoms with Crippen molar-refractivity contribution in [2.75, 3.05) is 5.73 Å². The zero-order valence-corrected chi connectivity index (χ0v) is 12.0. The molecule has 0 aliphatic rings. The fourth-order valence-electron chi connectivity index (χ4n) is 1.73. The zero-order valence-electron chi connectivity index (χ0n) is 10.4. The van der Waals surface area contributed by atoms with Crippen LogP contribution in [0, 0.1) is 0 Å². The van der Waals surface area contributed by atoms with Crippen molar-refractivity contribution in [3.8, 4) is 5.75 Å². The summed E-state index contributed by atoms with van der Waals surface area (Å²) in [7, 11) is 0. The molecule has 0 saturated carbocycles. The highest BCUT2D eigenvalue weighted by atomic mass is 79.9. The normalized spacial score (nSPS) is 11.2. The third-order valence-corrected chi connectivity index (χ3v) is 3.28. The maximum atomic E-state index is 12.4. The second-order valence-electron chi connectivity index (χ2n) is 4.11. The molecule has 2 aromatic carbocycles. The van der Waals surface area contributed by atoms with Crippen LogP contribution in [0.4, 0.5) is 18.9 Å². The van der Waals surface area contributed by atoms with Crippen molar-refractivity contribution in [2.45, 2.75) is 6.36 Å². The van der Waals surface area contributed by atoms with E-state index in [4.69, 9.17) is 5.73 Å². The highest BCUT2D eigenvalue weighted by Crippen LogP contribution is 2.30. The molecule has 0 atom stereocenters. The minimum Gasteiger partial charge on any atom is -0.405 e. The first-order valence-electron chi connectivity index (χ1n) is 5.72. The Morgan fingerprint density at radius 3 is 2.43 bits per heavy atom. The molecule has 2 N–H and O–H groups in total. The Balaban J connectivity index is 2.46. The summed E-state index contributed by atoms with van der Waals surface area (Å²) in [6, 6.07) is 9.66. The van der Waals surface area contributed by atoms with Gasteiger partial charge in [-0.25, -0.2) is 0 Å². The predicted octanol–water partition coefficient (Wildman–Crippen LogP) is 4.16. The molecule has 21 heavy (non-hydrogen) atoms. The van der Waals surface area contributed by atoms with E-state index in [1.165, 1.54) is 24.3 Å². The van der Waals surface area contributed by atoms with Crippen molar-refractivity contribution in [3.63, 3.8) is 0 Å². The molecule has 0 heterocycles. The van der Waals surface area contributed by atoms with Gasteiger partial charge in [0.2, 0.25) is 0 Å². The minimum absolute atomic E-state index is 0.160. The van der Waals surface area contributed by atoms with E-state index in [0.29, 0.717) is 10.2 Å². The third kappa shape index (κ3) is 3.75. The Bertz CT molecular complexity index is 686. The minimum atomic E-state index is -4.87. The van der Waals surface area contributed by atoms with Gasteiger partial charge in [-0.3, -0.25) is 4.79 Å². The number of ketones is 1. The summed E-state index contributed by atoms with van der Waals surface area (Å²) in [5.41, 5.74) is 5.90. The van der Waals surface area contributed by atoms with Crippen LogP contribution in [0.25, 0.3) is 0 Å². The first-order chi connectivity index (χ1) is 9.78. The van der Waals surface area contributed by atoms with E-state index in [0.717, 1.165) is 6.07 Å². The highest BCUT2D eigenvalue weighted by Gasteiger charge is 2.33. The van der Waals surface area contributed by atoms with Crippen LogP contribution in [-0.2, 0) is 0 Å². The quantitative estimate of drug-likeness (QED) is 0.661. The van der Waals surface area contributed by atoms with E-state index in [1.807, 2.05) is 0 Å². The lowest BCUT2D eigenvalue weighted by Crippen LogP contribution is -2.19. The fourth-order valence-corrected chi connectivity index (χ4v) is 2.16. The number of ether oxygens (including phenoxy) is 1. The Morgan fingerprint density at radius 2 is 1.76 bits per heavy atom. The molecule has 0 radical (unpaired) electrons. The number of rotatable bonds is 3. The van der Waals surface area contributed by atoms with Gasteiger partial charge in [-0.1, -0.05) is 28.1 Å². The standard InChI is InChI=1S/C14H9BrF3NO2/c15-11-6-5-8(19)7-10(11)13(20)9-3-1-2-4-12(9)21-14(16,17)18/h1-7H,19H2. The van der Waals surface area contributed by atoms with Crippen molar-refractivity contribution >= 4 is 27.4 Å².